The van der Waals surface area contributed by atoms with Crippen LogP contribution in [0.1, 0.15) is 38.2 Å². The molecule has 3 nitrogen and oxygen atoms in total. The zero-order valence-corrected chi connectivity index (χ0v) is 13.5. The van der Waals surface area contributed by atoms with E-state index in [-0.39, 0.29) is 18.3 Å². The largest absolute Gasteiger partial charge is 0.314 e. The van der Waals surface area contributed by atoms with Crippen LogP contribution in [0.2, 0.25) is 0 Å². The molecule has 1 aromatic carbocycles. The smallest absolute Gasteiger partial charge is 0.230 e. The zero-order valence-electron chi connectivity index (χ0n) is 12.7. The van der Waals surface area contributed by atoms with Gasteiger partial charge in [-0.25, -0.2) is 0 Å². The maximum absolute atomic E-state index is 12.9. The number of carbonyl (C=O) groups excluding carboxylic acids is 1. The summed E-state index contributed by atoms with van der Waals surface area (Å²) in [6, 6.07) is 8.88. The number of hydrogen-bond donors (Lipinski definition) is 1. The number of carbonyl (C=O) groups is 1. The molecule has 2 aliphatic heterocycles. The minimum Gasteiger partial charge on any atom is -0.314 e. The second kappa shape index (κ2) is 7.28. The van der Waals surface area contributed by atoms with Crippen molar-refractivity contribution in [1.82, 2.24) is 5.32 Å². The maximum Gasteiger partial charge on any atom is 0.230 e. The molecule has 0 saturated carbocycles. The predicted molar refractivity (Wildman–Crippen MR) is 89.2 cm³/mol. The van der Waals surface area contributed by atoms with Crippen molar-refractivity contribution in [2.75, 3.05) is 18.0 Å². The van der Waals surface area contributed by atoms with Gasteiger partial charge in [0.05, 0.1) is 0 Å². The van der Waals surface area contributed by atoms with Crippen LogP contribution in [0.3, 0.4) is 0 Å². The van der Waals surface area contributed by atoms with Crippen LogP contribution in [-0.4, -0.2) is 25.0 Å². The van der Waals surface area contributed by atoms with Crippen LogP contribution in [0, 0.1) is 5.92 Å². The summed E-state index contributed by atoms with van der Waals surface area (Å²) in [5.74, 6) is 0.533. The number of aryl methyl sites for hydroxylation is 1. The van der Waals surface area contributed by atoms with E-state index in [1.54, 1.807) is 0 Å². The number of piperidine rings is 1. The van der Waals surface area contributed by atoms with Crippen LogP contribution in [0.5, 0.6) is 0 Å². The molecule has 1 amide bonds. The van der Waals surface area contributed by atoms with E-state index in [1.165, 1.54) is 12.0 Å². The SMILES string of the molecule is C[C@H]1C[C@@H](C(=O)N2CCCCc3ccccc32)CCN1.Cl. The number of para-hydroxylation sites is 1. The third-order valence-corrected chi connectivity index (χ3v) is 4.60. The average molecular weight is 309 g/mol. The van der Waals surface area contributed by atoms with Crippen molar-refractivity contribution in [3.8, 4) is 0 Å². The van der Waals surface area contributed by atoms with E-state index >= 15 is 0 Å². The molecule has 2 aliphatic rings. The molecule has 1 fully saturated rings. The lowest BCUT2D eigenvalue weighted by molar-refractivity contribution is -0.123. The minimum atomic E-state index is 0. The van der Waals surface area contributed by atoms with E-state index in [2.05, 4.69) is 41.4 Å². The predicted octanol–water partition coefficient (Wildman–Crippen LogP) is 3.17. The minimum absolute atomic E-state index is 0. The highest BCUT2D eigenvalue weighted by Crippen LogP contribution is 2.29. The van der Waals surface area contributed by atoms with Gasteiger partial charge >= 0.3 is 0 Å². The van der Waals surface area contributed by atoms with Gasteiger partial charge in [0.25, 0.3) is 0 Å². The Morgan fingerprint density at radius 3 is 2.90 bits per heavy atom. The summed E-state index contributed by atoms with van der Waals surface area (Å²) in [6.45, 7) is 4.02. The van der Waals surface area contributed by atoms with E-state index in [9.17, 15) is 4.79 Å². The fourth-order valence-electron chi connectivity index (χ4n) is 3.50. The van der Waals surface area contributed by atoms with Gasteiger partial charge in [-0.1, -0.05) is 18.2 Å². The number of rotatable bonds is 1. The Morgan fingerprint density at radius 1 is 1.29 bits per heavy atom. The van der Waals surface area contributed by atoms with Crippen LogP contribution >= 0.6 is 12.4 Å². The van der Waals surface area contributed by atoms with Crippen molar-refractivity contribution < 1.29 is 4.79 Å². The van der Waals surface area contributed by atoms with Crippen molar-refractivity contribution in [2.45, 2.75) is 45.1 Å². The average Bonchev–Trinajstić information content (AvgIpc) is 2.69. The molecule has 0 unspecified atom stereocenters. The standard InChI is InChI=1S/C17H24N2O.ClH/c1-13-12-15(9-10-18-13)17(20)19-11-5-4-7-14-6-2-3-8-16(14)19;/h2-3,6,8,13,15,18H,4-5,7,9-12H2,1H3;1H/t13-,15-;/m0./s1. The Balaban J connectivity index is 0.00000161. The molecule has 116 valence electrons. The number of nitrogens with one attached hydrogen (secondary N) is 1. The lowest BCUT2D eigenvalue weighted by atomic mass is 9.91. The molecule has 0 aromatic heterocycles. The Hall–Kier alpha value is -1.06. The molecule has 3 rings (SSSR count). The number of benzene rings is 1. The molecular weight excluding hydrogens is 284 g/mol. The molecule has 2 atom stereocenters. The Bertz CT molecular complexity index is 491. The summed E-state index contributed by atoms with van der Waals surface area (Å²) in [5.41, 5.74) is 2.49. The van der Waals surface area contributed by atoms with Gasteiger partial charge in [0.1, 0.15) is 0 Å². The van der Waals surface area contributed by atoms with E-state index < -0.39 is 0 Å². The van der Waals surface area contributed by atoms with Gasteiger partial charge < -0.3 is 10.2 Å². The molecule has 0 bridgehead atoms. The molecule has 1 aromatic rings. The van der Waals surface area contributed by atoms with Crippen LogP contribution in [-0.2, 0) is 11.2 Å². The number of halogens is 1. The highest BCUT2D eigenvalue weighted by molar-refractivity contribution is 5.96. The first-order chi connectivity index (χ1) is 9.75. The van der Waals surface area contributed by atoms with Gasteiger partial charge in [0, 0.05) is 24.2 Å². The molecule has 1 saturated heterocycles. The van der Waals surface area contributed by atoms with Crippen LogP contribution in [0.25, 0.3) is 0 Å². The second-order valence-electron chi connectivity index (χ2n) is 6.15. The van der Waals surface area contributed by atoms with Crippen molar-refractivity contribution in [3.05, 3.63) is 29.8 Å². The highest BCUT2D eigenvalue weighted by Gasteiger charge is 2.30. The summed E-state index contributed by atoms with van der Waals surface area (Å²) in [5, 5.41) is 3.43. The summed E-state index contributed by atoms with van der Waals surface area (Å²) in [7, 11) is 0. The van der Waals surface area contributed by atoms with Gasteiger partial charge in [0.15, 0.2) is 0 Å². The lowest BCUT2D eigenvalue weighted by Crippen LogP contribution is -2.44. The number of amides is 1. The quantitative estimate of drug-likeness (QED) is 0.864. The van der Waals surface area contributed by atoms with Gasteiger partial charge in [0.2, 0.25) is 5.91 Å². The van der Waals surface area contributed by atoms with Gasteiger partial charge in [-0.15, -0.1) is 12.4 Å². The second-order valence-corrected chi connectivity index (χ2v) is 6.15. The van der Waals surface area contributed by atoms with Crippen molar-refractivity contribution in [3.63, 3.8) is 0 Å². The number of anilines is 1. The van der Waals surface area contributed by atoms with Gasteiger partial charge in [-0.2, -0.15) is 0 Å². The first kappa shape index (κ1) is 16.3. The summed E-state index contributed by atoms with van der Waals surface area (Å²) in [6.07, 6.45) is 5.34. The summed E-state index contributed by atoms with van der Waals surface area (Å²) >= 11 is 0. The van der Waals surface area contributed by atoms with E-state index in [0.717, 1.165) is 44.5 Å². The molecule has 0 radical (unpaired) electrons. The van der Waals surface area contributed by atoms with Gasteiger partial charge in [-0.3, -0.25) is 4.79 Å². The molecule has 21 heavy (non-hydrogen) atoms. The number of nitrogens with zero attached hydrogens (tertiary/aromatic N) is 1. The van der Waals surface area contributed by atoms with E-state index in [4.69, 9.17) is 0 Å². The topological polar surface area (TPSA) is 32.3 Å². The van der Waals surface area contributed by atoms with Crippen LogP contribution in [0.4, 0.5) is 5.69 Å². The van der Waals surface area contributed by atoms with Crippen molar-refractivity contribution in [1.29, 1.82) is 0 Å². The summed E-state index contributed by atoms with van der Waals surface area (Å²) < 4.78 is 0. The Kier molecular flexibility index (Phi) is 5.65. The molecule has 4 heteroatoms. The van der Waals surface area contributed by atoms with E-state index in [1.807, 2.05) is 0 Å². The molecule has 2 heterocycles. The fraction of sp³-hybridized carbons (Fsp3) is 0.588. The molecular formula is C17H25ClN2O. The third kappa shape index (κ3) is 3.58. The van der Waals surface area contributed by atoms with Crippen molar-refractivity contribution in [2.24, 2.45) is 5.92 Å². The third-order valence-electron chi connectivity index (χ3n) is 4.60. The lowest BCUT2D eigenvalue weighted by Gasteiger charge is -2.32. The Morgan fingerprint density at radius 2 is 2.10 bits per heavy atom. The normalized spacial score (nSPS) is 25.5. The zero-order chi connectivity index (χ0) is 13.9. The first-order valence-corrected chi connectivity index (χ1v) is 7.88. The maximum atomic E-state index is 12.9. The fourth-order valence-corrected chi connectivity index (χ4v) is 3.50. The monoisotopic (exact) mass is 308 g/mol. The van der Waals surface area contributed by atoms with E-state index in [0.29, 0.717) is 11.9 Å². The van der Waals surface area contributed by atoms with Crippen molar-refractivity contribution >= 4 is 24.0 Å². The van der Waals surface area contributed by atoms with Crippen LogP contribution in [0.15, 0.2) is 24.3 Å². The number of hydrogen-bond acceptors (Lipinski definition) is 2. The Labute approximate surface area is 133 Å². The summed E-state index contributed by atoms with van der Waals surface area (Å²) in [4.78, 5) is 15.0. The van der Waals surface area contributed by atoms with Gasteiger partial charge in [-0.05, 0) is 57.2 Å². The molecule has 1 N–H and O–H groups in total. The van der Waals surface area contributed by atoms with Crippen LogP contribution < -0.4 is 10.2 Å². The molecule has 0 spiro atoms. The first-order valence-electron chi connectivity index (χ1n) is 7.88. The highest BCUT2D eigenvalue weighted by atomic mass is 35.5. The number of fused-ring (bicyclic) bond motifs is 1. The molecule has 0 aliphatic carbocycles.